The summed E-state index contributed by atoms with van der Waals surface area (Å²) in [5, 5.41) is 24.8. The van der Waals surface area contributed by atoms with Crippen molar-refractivity contribution in [2.75, 3.05) is 6.61 Å². The van der Waals surface area contributed by atoms with Gasteiger partial charge in [0.25, 0.3) is 0 Å². The van der Waals surface area contributed by atoms with Crippen LogP contribution in [0.1, 0.15) is 32.2 Å². The lowest BCUT2D eigenvalue weighted by Crippen LogP contribution is -2.58. The molecule has 1 aromatic heterocycles. The zero-order valence-electron chi connectivity index (χ0n) is 11.1. The first-order valence-corrected chi connectivity index (χ1v) is 7.45. The highest BCUT2D eigenvalue weighted by molar-refractivity contribution is 9.10. The zero-order chi connectivity index (χ0) is 14.5. The lowest BCUT2D eigenvalue weighted by Gasteiger charge is -2.45. The molecule has 0 bridgehead atoms. The van der Waals surface area contributed by atoms with Gasteiger partial charge in [-0.05, 0) is 35.7 Å². The van der Waals surface area contributed by atoms with E-state index in [1.165, 1.54) is 0 Å². The molecule has 2 heterocycles. The number of hydrogen-bond acceptors (Lipinski definition) is 4. The van der Waals surface area contributed by atoms with Gasteiger partial charge in [-0.3, -0.25) is 9.48 Å². The number of carbonyl (C=O) groups is 1. The Morgan fingerprint density at radius 2 is 2.40 bits per heavy atom. The van der Waals surface area contributed by atoms with Crippen molar-refractivity contribution in [2.45, 2.75) is 43.9 Å². The Bertz CT molecular complexity index is 548. The molecule has 2 fully saturated rings. The summed E-state index contributed by atoms with van der Waals surface area (Å²) in [6.07, 6.45) is 4.46. The van der Waals surface area contributed by atoms with Crippen molar-refractivity contribution in [1.82, 2.24) is 9.78 Å². The van der Waals surface area contributed by atoms with Crippen molar-refractivity contribution < 1.29 is 19.7 Å². The summed E-state index contributed by atoms with van der Waals surface area (Å²) in [7, 11) is 0. The van der Waals surface area contributed by atoms with Crippen molar-refractivity contribution in [3.05, 3.63) is 16.9 Å². The molecule has 4 atom stereocenters. The molecule has 1 aliphatic heterocycles. The van der Waals surface area contributed by atoms with Gasteiger partial charge in [0.1, 0.15) is 11.0 Å². The van der Waals surface area contributed by atoms with E-state index in [0.29, 0.717) is 19.3 Å². The number of aromatic nitrogens is 2. The smallest absolute Gasteiger partial charge is 0.315 e. The van der Waals surface area contributed by atoms with Gasteiger partial charge < -0.3 is 14.9 Å². The highest BCUT2D eigenvalue weighted by Gasteiger charge is 2.66. The average Bonchev–Trinajstić information content (AvgIpc) is 2.93. The SMILES string of the molecule is CC1OCC2(C(=O)O)CCC(n3cc(Br)cn3)CC12O. The summed E-state index contributed by atoms with van der Waals surface area (Å²) in [6, 6.07) is -0.0112. The summed E-state index contributed by atoms with van der Waals surface area (Å²) in [5.41, 5.74) is -2.53. The Labute approximate surface area is 124 Å². The van der Waals surface area contributed by atoms with Gasteiger partial charge in [-0.15, -0.1) is 0 Å². The van der Waals surface area contributed by atoms with E-state index in [4.69, 9.17) is 4.74 Å². The lowest BCUT2D eigenvalue weighted by molar-refractivity contribution is -0.174. The predicted molar refractivity (Wildman–Crippen MR) is 73.2 cm³/mol. The number of nitrogens with zero attached hydrogens (tertiary/aromatic N) is 2. The lowest BCUT2D eigenvalue weighted by atomic mass is 9.61. The molecule has 1 saturated heterocycles. The van der Waals surface area contributed by atoms with Crippen LogP contribution < -0.4 is 0 Å². The number of aliphatic hydroxyl groups is 1. The standard InChI is InChI=1S/C13H17BrN2O4/c1-8-13(19)4-10(16-6-9(14)5-15-16)2-3-12(13,7-20-8)11(17)18/h5-6,8,10,19H,2-4,7H2,1H3,(H,17,18). The number of carboxylic acids is 1. The topological polar surface area (TPSA) is 84.6 Å². The van der Waals surface area contributed by atoms with Crippen LogP contribution in [0.4, 0.5) is 0 Å². The molecule has 20 heavy (non-hydrogen) atoms. The normalized spacial score (nSPS) is 40.5. The monoisotopic (exact) mass is 344 g/mol. The molecule has 0 amide bonds. The van der Waals surface area contributed by atoms with E-state index < -0.39 is 23.1 Å². The number of aliphatic carboxylic acids is 1. The van der Waals surface area contributed by atoms with Crippen molar-refractivity contribution in [3.63, 3.8) is 0 Å². The van der Waals surface area contributed by atoms with Gasteiger partial charge in [0.2, 0.25) is 0 Å². The van der Waals surface area contributed by atoms with Crippen LogP contribution in [-0.4, -0.2) is 44.3 Å². The van der Waals surface area contributed by atoms with Gasteiger partial charge >= 0.3 is 5.97 Å². The van der Waals surface area contributed by atoms with Crippen molar-refractivity contribution in [2.24, 2.45) is 5.41 Å². The molecule has 1 saturated carbocycles. The molecule has 3 rings (SSSR count). The molecule has 1 aromatic rings. The third-order valence-electron chi connectivity index (χ3n) is 4.89. The molecule has 110 valence electrons. The van der Waals surface area contributed by atoms with Gasteiger partial charge in [-0.2, -0.15) is 5.10 Å². The number of fused-ring (bicyclic) bond motifs is 1. The first-order chi connectivity index (χ1) is 9.39. The third kappa shape index (κ3) is 1.76. The highest BCUT2D eigenvalue weighted by atomic mass is 79.9. The maximum absolute atomic E-state index is 11.7. The molecule has 1 aliphatic carbocycles. The minimum atomic E-state index is -1.35. The van der Waals surface area contributed by atoms with Crippen LogP contribution in [-0.2, 0) is 9.53 Å². The van der Waals surface area contributed by atoms with E-state index in [1.807, 2.05) is 6.20 Å². The summed E-state index contributed by atoms with van der Waals surface area (Å²) < 4.78 is 8.15. The Morgan fingerprint density at radius 1 is 1.65 bits per heavy atom. The minimum Gasteiger partial charge on any atom is -0.481 e. The Morgan fingerprint density at radius 3 is 3.00 bits per heavy atom. The molecule has 2 N–H and O–H groups in total. The van der Waals surface area contributed by atoms with E-state index in [9.17, 15) is 15.0 Å². The maximum atomic E-state index is 11.7. The fraction of sp³-hybridized carbons (Fsp3) is 0.692. The molecular formula is C13H17BrN2O4. The van der Waals surface area contributed by atoms with E-state index in [-0.39, 0.29) is 12.6 Å². The van der Waals surface area contributed by atoms with Crippen LogP contribution in [0.3, 0.4) is 0 Å². The van der Waals surface area contributed by atoms with E-state index >= 15 is 0 Å². The third-order valence-corrected chi connectivity index (χ3v) is 5.30. The summed E-state index contributed by atoms with van der Waals surface area (Å²) in [6.45, 7) is 1.82. The Balaban J connectivity index is 1.93. The van der Waals surface area contributed by atoms with Crippen LogP contribution in [0.25, 0.3) is 0 Å². The summed E-state index contributed by atoms with van der Waals surface area (Å²) >= 11 is 3.35. The van der Waals surface area contributed by atoms with E-state index in [2.05, 4.69) is 21.0 Å². The van der Waals surface area contributed by atoms with Crippen LogP contribution in [0.2, 0.25) is 0 Å². The van der Waals surface area contributed by atoms with Gasteiger partial charge in [0.15, 0.2) is 0 Å². The van der Waals surface area contributed by atoms with E-state index in [0.717, 1.165) is 4.47 Å². The second kappa shape index (κ2) is 4.54. The summed E-state index contributed by atoms with van der Waals surface area (Å²) in [4.78, 5) is 11.7. The van der Waals surface area contributed by atoms with Crippen molar-refractivity contribution in [1.29, 1.82) is 0 Å². The first kappa shape index (κ1) is 14.0. The maximum Gasteiger partial charge on any atom is 0.315 e. The summed E-state index contributed by atoms with van der Waals surface area (Å²) in [5.74, 6) is -0.968. The largest absolute Gasteiger partial charge is 0.481 e. The van der Waals surface area contributed by atoms with Crippen LogP contribution >= 0.6 is 15.9 Å². The van der Waals surface area contributed by atoms with Gasteiger partial charge in [-0.1, -0.05) is 0 Å². The van der Waals surface area contributed by atoms with Gasteiger partial charge in [0.05, 0.1) is 29.4 Å². The van der Waals surface area contributed by atoms with Crippen LogP contribution in [0.5, 0.6) is 0 Å². The minimum absolute atomic E-state index is 0.0112. The number of halogens is 1. The highest BCUT2D eigenvalue weighted by Crippen LogP contribution is 2.54. The van der Waals surface area contributed by atoms with E-state index in [1.54, 1.807) is 17.8 Å². The number of rotatable bonds is 2. The fourth-order valence-electron chi connectivity index (χ4n) is 3.54. The van der Waals surface area contributed by atoms with Gasteiger partial charge in [0, 0.05) is 12.6 Å². The quantitative estimate of drug-likeness (QED) is 0.850. The predicted octanol–water partition coefficient (Wildman–Crippen LogP) is 1.59. The van der Waals surface area contributed by atoms with Gasteiger partial charge in [-0.25, -0.2) is 0 Å². The van der Waals surface area contributed by atoms with Crippen LogP contribution in [0, 0.1) is 5.41 Å². The Kier molecular flexibility index (Phi) is 3.19. The molecule has 0 radical (unpaired) electrons. The van der Waals surface area contributed by atoms with Crippen LogP contribution in [0.15, 0.2) is 16.9 Å². The first-order valence-electron chi connectivity index (χ1n) is 6.66. The fourth-order valence-corrected chi connectivity index (χ4v) is 3.84. The molecule has 0 spiro atoms. The second-order valence-electron chi connectivity index (χ2n) is 5.80. The molecule has 0 aromatic carbocycles. The molecule has 6 nitrogen and oxygen atoms in total. The molecule has 4 unspecified atom stereocenters. The number of carboxylic acid groups (broad SMARTS) is 1. The Hall–Kier alpha value is -0.920. The average molecular weight is 345 g/mol. The second-order valence-corrected chi connectivity index (χ2v) is 6.72. The number of hydrogen-bond donors (Lipinski definition) is 2. The molecule has 2 aliphatic rings. The van der Waals surface area contributed by atoms with Crippen molar-refractivity contribution in [3.8, 4) is 0 Å². The molecule has 7 heteroatoms. The zero-order valence-corrected chi connectivity index (χ0v) is 12.7. The molecular weight excluding hydrogens is 328 g/mol. The number of ether oxygens (including phenoxy) is 1. The van der Waals surface area contributed by atoms with Crippen molar-refractivity contribution >= 4 is 21.9 Å².